The summed E-state index contributed by atoms with van der Waals surface area (Å²) in [5.41, 5.74) is 0.462. The summed E-state index contributed by atoms with van der Waals surface area (Å²) < 4.78 is 0. The van der Waals surface area contributed by atoms with Gasteiger partial charge in [0.25, 0.3) is 0 Å². The van der Waals surface area contributed by atoms with Gasteiger partial charge in [0.1, 0.15) is 0 Å². The van der Waals surface area contributed by atoms with Crippen molar-refractivity contribution in [3.8, 4) is 0 Å². The van der Waals surface area contributed by atoms with E-state index in [0.29, 0.717) is 11.5 Å². The van der Waals surface area contributed by atoms with Crippen molar-refractivity contribution in [1.82, 2.24) is 10.2 Å². The molecule has 17 heavy (non-hydrogen) atoms. The zero-order valence-corrected chi connectivity index (χ0v) is 11.3. The molecule has 1 saturated carbocycles. The first-order valence-electron chi connectivity index (χ1n) is 7.18. The van der Waals surface area contributed by atoms with Gasteiger partial charge in [0.15, 0.2) is 0 Å². The van der Waals surface area contributed by atoms with E-state index in [0.717, 1.165) is 25.9 Å². The Morgan fingerprint density at radius 3 is 2.41 bits per heavy atom. The third kappa shape index (κ3) is 3.14. The van der Waals surface area contributed by atoms with Crippen LogP contribution in [0.25, 0.3) is 0 Å². The summed E-state index contributed by atoms with van der Waals surface area (Å²) in [4.78, 5) is 14.1. The summed E-state index contributed by atoms with van der Waals surface area (Å²) in [6.45, 7) is 6.47. The Morgan fingerprint density at radius 1 is 1.29 bits per heavy atom. The summed E-state index contributed by atoms with van der Waals surface area (Å²) in [5, 5.41) is 3.18. The van der Waals surface area contributed by atoms with Crippen LogP contribution in [0.1, 0.15) is 58.8 Å². The predicted octanol–water partition coefficient (Wildman–Crippen LogP) is 3.15. The number of rotatable bonds is 2. The molecule has 1 N–H and O–H groups in total. The Labute approximate surface area is 105 Å². The van der Waals surface area contributed by atoms with Crippen LogP contribution in [0.5, 0.6) is 0 Å². The number of carbonyl (C=O) groups is 1. The lowest BCUT2D eigenvalue weighted by molar-refractivity contribution is 0.124. The van der Waals surface area contributed by atoms with Crippen molar-refractivity contribution < 1.29 is 4.79 Å². The number of hydrogen-bond donors (Lipinski definition) is 1. The van der Waals surface area contributed by atoms with E-state index in [1.807, 2.05) is 4.90 Å². The fraction of sp³-hybridized carbons (Fsp3) is 0.929. The minimum Gasteiger partial charge on any atom is -0.335 e. The van der Waals surface area contributed by atoms with Gasteiger partial charge in [0.2, 0.25) is 0 Å². The highest BCUT2D eigenvalue weighted by molar-refractivity contribution is 5.74. The highest BCUT2D eigenvalue weighted by Crippen LogP contribution is 2.33. The molecule has 1 aliphatic heterocycles. The third-order valence-electron chi connectivity index (χ3n) is 4.79. The lowest BCUT2D eigenvalue weighted by atomic mass is 9.78. The van der Waals surface area contributed by atoms with Crippen molar-refractivity contribution in [2.24, 2.45) is 5.41 Å². The quantitative estimate of drug-likeness (QED) is 0.787. The van der Waals surface area contributed by atoms with Gasteiger partial charge in [-0.25, -0.2) is 4.79 Å². The molecule has 2 fully saturated rings. The Kier molecular flexibility index (Phi) is 3.95. The summed E-state index contributed by atoms with van der Waals surface area (Å²) in [5.74, 6) is 0. The van der Waals surface area contributed by atoms with Gasteiger partial charge in [-0.15, -0.1) is 0 Å². The molecule has 1 heterocycles. The molecule has 0 atom stereocenters. The highest BCUT2D eigenvalue weighted by Gasteiger charge is 2.31. The van der Waals surface area contributed by atoms with Gasteiger partial charge < -0.3 is 10.2 Å². The zero-order chi connectivity index (χ0) is 12.3. The number of likely N-dealkylation sites (tertiary alicyclic amines) is 1. The van der Waals surface area contributed by atoms with E-state index < -0.39 is 0 Å². The van der Waals surface area contributed by atoms with Crippen molar-refractivity contribution in [3.05, 3.63) is 0 Å². The van der Waals surface area contributed by atoms with Crippen molar-refractivity contribution >= 4 is 6.03 Å². The van der Waals surface area contributed by atoms with Crippen LogP contribution in [-0.4, -0.2) is 30.1 Å². The van der Waals surface area contributed by atoms with Crippen LogP contribution in [0.4, 0.5) is 4.79 Å². The molecule has 3 nitrogen and oxygen atoms in total. The average molecular weight is 238 g/mol. The zero-order valence-electron chi connectivity index (χ0n) is 11.3. The third-order valence-corrected chi connectivity index (χ3v) is 4.79. The minimum atomic E-state index is 0.176. The minimum absolute atomic E-state index is 0.176. The van der Waals surface area contributed by atoms with Gasteiger partial charge in [0.05, 0.1) is 0 Å². The second kappa shape index (κ2) is 5.28. The van der Waals surface area contributed by atoms with Crippen molar-refractivity contribution in [1.29, 1.82) is 0 Å². The molecule has 0 aromatic heterocycles. The normalized spacial score (nSPS) is 24.9. The van der Waals surface area contributed by atoms with Crippen LogP contribution in [-0.2, 0) is 0 Å². The van der Waals surface area contributed by atoms with Crippen LogP contribution in [0, 0.1) is 5.41 Å². The maximum atomic E-state index is 12.1. The maximum Gasteiger partial charge on any atom is 0.317 e. The Morgan fingerprint density at radius 2 is 1.88 bits per heavy atom. The highest BCUT2D eigenvalue weighted by atomic mass is 16.2. The Balaban J connectivity index is 1.77. The summed E-state index contributed by atoms with van der Waals surface area (Å²) in [6.07, 6.45) is 8.43. The van der Waals surface area contributed by atoms with Gasteiger partial charge in [-0.1, -0.05) is 33.1 Å². The van der Waals surface area contributed by atoms with Gasteiger partial charge in [0, 0.05) is 19.1 Å². The van der Waals surface area contributed by atoms with Crippen molar-refractivity contribution in [3.63, 3.8) is 0 Å². The molecule has 0 aromatic rings. The molecule has 0 bridgehead atoms. The molecular weight excluding hydrogens is 212 g/mol. The second-order valence-electron chi connectivity index (χ2n) is 6.08. The first-order chi connectivity index (χ1) is 8.13. The smallest absolute Gasteiger partial charge is 0.317 e. The van der Waals surface area contributed by atoms with Crippen LogP contribution in [0.2, 0.25) is 0 Å². The van der Waals surface area contributed by atoms with E-state index in [1.54, 1.807) is 0 Å². The Bertz CT molecular complexity index is 263. The van der Waals surface area contributed by atoms with Crippen molar-refractivity contribution in [2.75, 3.05) is 13.1 Å². The first kappa shape index (κ1) is 12.7. The van der Waals surface area contributed by atoms with Gasteiger partial charge in [-0.05, 0) is 31.1 Å². The maximum absolute atomic E-state index is 12.1. The van der Waals surface area contributed by atoms with Crippen LogP contribution in [0.15, 0.2) is 0 Å². The predicted molar refractivity (Wildman–Crippen MR) is 70.0 cm³/mol. The standard InChI is InChI=1S/C14H26N2O/c1-3-14(2)8-10-16(11-9-14)13(17)15-12-6-4-5-7-12/h12H,3-11H2,1-2H3,(H,15,17). The number of nitrogens with zero attached hydrogens (tertiary/aromatic N) is 1. The van der Waals surface area contributed by atoms with Crippen molar-refractivity contribution in [2.45, 2.75) is 64.8 Å². The van der Waals surface area contributed by atoms with E-state index in [4.69, 9.17) is 0 Å². The van der Waals surface area contributed by atoms with E-state index in [9.17, 15) is 4.79 Å². The van der Waals surface area contributed by atoms with Gasteiger partial charge in [-0.2, -0.15) is 0 Å². The molecule has 0 radical (unpaired) electrons. The van der Waals surface area contributed by atoms with Crippen LogP contribution in [0.3, 0.4) is 0 Å². The van der Waals surface area contributed by atoms with Crippen LogP contribution < -0.4 is 5.32 Å². The summed E-state index contributed by atoms with van der Waals surface area (Å²) in [6, 6.07) is 0.622. The molecular formula is C14H26N2O. The second-order valence-corrected chi connectivity index (χ2v) is 6.08. The summed E-state index contributed by atoms with van der Waals surface area (Å²) in [7, 11) is 0. The lowest BCUT2D eigenvalue weighted by Gasteiger charge is -2.39. The van der Waals surface area contributed by atoms with Gasteiger partial charge >= 0.3 is 6.03 Å². The lowest BCUT2D eigenvalue weighted by Crippen LogP contribution is -2.48. The molecule has 0 unspecified atom stereocenters. The van der Waals surface area contributed by atoms with E-state index >= 15 is 0 Å². The molecule has 2 aliphatic rings. The monoisotopic (exact) mass is 238 g/mol. The molecule has 1 saturated heterocycles. The van der Waals surface area contributed by atoms with E-state index in [1.165, 1.54) is 32.1 Å². The number of urea groups is 1. The largest absolute Gasteiger partial charge is 0.335 e. The summed E-state index contributed by atoms with van der Waals surface area (Å²) >= 11 is 0. The molecule has 2 rings (SSSR count). The first-order valence-corrected chi connectivity index (χ1v) is 7.18. The molecule has 0 spiro atoms. The SMILES string of the molecule is CCC1(C)CCN(C(=O)NC2CCCC2)CC1. The molecule has 1 aliphatic carbocycles. The number of piperidine rings is 1. The molecule has 0 aromatic carbocycles. The van der Waals surface area contributed by atoms with E-state index in [2.05, 4.69) is 19.2 Å². The van der Waals surface area contributed by atoms with E-state index in [-0.39, 0.29) is 6.03 Å². The number of carbonyl (C=O) groups excluding carboxylic acids is 1. The van der Waals surface area contributed by atoms with Crippen LogP contribution >= 0.6 is 0 Å². The number of hydrogen-bond acceptors (Lipinski definition) is 1. The fourth-order valence-corrected chi connectivity index (χ4v) is 2.94. The van der Waals surface area contributed by atoms with Gasteiger partial charge in [-0.3, -0.25) is 0 Å². The molecule has 3 heteroatoms. The number of amides is 2. The fourth-order valence-electron chi connectivity index (χ4n) is 2.94. The molecule has 2 amide bonds. The Hall–Kier alpha value is -0.730. The number of nitrogens with one attached hydrogen (secondary N) is 1. The molecule has 98 valence electrons. The average Bonchev–Trinajstić information content (AvgIpc) is 2.83. The topological polar surface area (TPSA) is 32.3 Å².